The zero-order valence-electron chi connectivity index (χ0n) is 15.1. The van der Waals surface area contributed by atoms with Crippen molar-refractivity contribution in [1.82, 2.24) is 14.9 Å². The van der Waals surface area contributed by atoms with Crippen LogP contribution < -0.4 is 4.74 Å². The van der Waals surface area contributed by atoms with Gasteiger partial charge in [0.2, 0.25) is 5.88 Å². The summed E-state index contributed by atoms with van der Waals surface area (Å²) in [6.07, 6.45) is 1.14. The van der Waals surface area contributed by atoms with Crippen LogP contribution in [0, 0.1) is 0 Å². The molecule has 1 aliphatic heterocycles. The molecule has 1 saturated heterocycles. The Hall–Kier alpha value is -1.80. The van der Waals surface area contributed by atoms with Crippen LogP contribution in [0.2, 0.25) is 0 Å². The molecule has 1 aliphatic rings. The van der Waals surface area contributed by atoms with Gasteiger partial charge in [-0.2, -0.15) is 18.2 Å². The molecule has 2 heterocycles. The van der Waals surface area contributed by atoms with Gasteiger partial charge in [-0.15, -0.1) is 0 Å². The van der Waals surface area contributed by atoms with E-state index in [4.69, 9.17) is 4.74 Å². The highest BCUT2D eigenvalue weighted by Gasteiger charge is 2.30. The van der Waals surface area contributed by atoms with Gasteiger partial charge < -0.3 is 4.74 Å². The van der Waals surface area contributed by atoms with Crippen molar-refractivity contribution in [2.24, 2.45) is 0 Å². The summed E-state index contributed by atoms with van der Waals surface area (Å²) in [5, 5.41) is 0.470. The van der Waals surface area contributed by atoms with Gasteiger partial charge in [0.1, 0.15) is 6.61 Å². The van der Waals surface area contributed by atoms with E-state index in [1.54, 1.807) is 12.1 Å². The minimum Gasteiger partial charge on any atom is -0.476 e. The molecule has 146 valence electrons. The third-order valence-corrected chi connectivity index (χ3v) is 5.00. The first-order valence-corrected chi connectivity index (χ1v) is 10.1. The van der Waals surface area contributed by atoms with Crippen molar-refractivity contribution >= 4 is 11.8 Å². The molecule has 0 aliphatic carbocycles. The average Bonchev–Trinajstić information content (AvgIpc) is 2.68. The van der Waals surface area contributed by atoms with Gasteiger partial charge in [0.05, 0.1) is 11.3 Å². The lowest BCUT2D eigenvalue weighted by atomic mass is 10.1. The number of nitrogens with zero attached hydrogens (tertiary/aromatic N) is 3. The van der Waals surface area contributed by atoms with Crippen molar-refractivity contribution in [3.05, 3.63) is 35.9 Å². The Kier molecular flexibility index (Phi) is 6.59. The molecular weight excluding hydrogens is 375 g/mol. The normalized spacial score (nSPS) is 15.7. The summed E-state index contributed by atoms with van der Waals surface area (Å²) in [6, 6.07) is 6.75. The van der Waals surface area contributed by atoms with Crippen LogP contribution in [0.15, 0.2) is 35.5 Å². The molecule has 0 N–H and O–H groups in total. The number of alkyl halides is 3. The molecule has 1 aromatic heterocycles. The molecule has 27 heavy (non-hydrogen) atoms. The van der Waals surface area contributed by atoms with Gasteiger partial charge in [-0.25, -0.2) is 4.98 Å². The van der Waals surface area contributed by atoms with Crippen LogP contribution in [0.3, 0.4) is 0 Å². The topological polar surface area (TPSA) is 38.2 Å². The van der Waals surface area contributed by atoms with Crippen molar-refractivity contribution < 1.29 is 17.9 Å². The van der Waals surface area contributed by atoms with Crippen LogP contribution in [-0.4, -0.2) is 47.4 Å². The SMILES string of the molecule is CSc1nc(OCCN2CCCCC2)cc(-c2cccc(C(F)(F)F)c2)n1. The largest absolute Gasteiger partial charge is 0.476 e. The van der Waals surface area contributed by atoms with Gasteiger partial charge in [0, 0.05) is 18.2 Å². The lowest BCUT2D eigenvalue weighted by Crippen LogP contribution is -2.33. The van der Waals surface area contributed by atoms with Crippen LogP contribution in [0.1, 0.15) is 24.8 Å². The minimum absolute atomic E-state index is 0.388. The lowest BCUT2D eigenvalue weighted by Gasteiger charge is -2.26. The Morgan fingerprint density at radius 2 is 1.89 bits per heavy atom. The van der Waals surface area contributed by atoms with E-state index in [1.165, 1.54) is 37.1 Å². The van der Waals surface area contributed by atoms with Crippen molar-refractivity contribution in [3.8, 4) is 17.1 Å². The molecule has 0 saturated carbocycles. The molecule has 0 amide bonds. The van der Waals surface area contributed by atoms with Gasteiger partial charge in [0.15, 0.2) is 5.16 Å². The van der Waals surface area contributed by atoms with Crippen LogP contribution in [0.4, 0.5) is 13.2 Å². The molecule has 0 spiro atoms. The number of thioether (sulfide) groups is 1. The van der Waals surface area contributed by atoms with Crippen molar-refractivity contribution in [2.45, 2.75) is 30.6 Å². The smallest absolute Gasteiger partial charge is 0.416 e. The number of rotatable bonds is 6. The predicted octanol–water partition coefficient (Wildman–Crippen LogP) is 4.75. The molecule has 0 atom stereocenters. The van der Waals surface area contributed by atoms with Crippen LogP contribution in [-0.2, 0) is 6.18 Å². The van der Waals surface area contributed by atoms with Crippen LogP contribution >= 0.6 is 11.8 Å². The van der Waals surface area contributed by atoms with Gasteiger partial charge in [-0.1, -0.05) is 30.3 Å². The molecule has 2 aromatic rings. The highest BCUT2D eigenvalue weighted by Crippen LogP contribution is 2.32. The Balaban J connectivity index is 1.75. The summed E-state index contributed by atoms with van der Waals surface area (Å²) in [5.74, 6) is 0.388. The molecule has 3 rings (SSSR count). The molecular formula is C19H22F3N3OS. The fourth-order valence-electron chi connectivity index (χ4n) is 3.03. The molecule has 0 unspecified atom stereocenters. The van der Waals surface area contributed by atoms with E-state index >= 15 is 0 Å². The van der Waals surface area contributed by atoms with E-state index in [0.717, 1.165) is 31.8 Å². The highest BCUT2D eigenvalue weighted by atomic mass is 32.2. The number of hydrogen-bond acceptors (Lipinski definition) is 5. The van der Waals surface area contributed by atoms with E-state index in [1.807, 2.05) is 6.26 Å². The molecule has 0 radical (unpaired) electrons. The minimum atomic E-state index is -4.39. The van der Waals surface area contributed by atoms with E-state index < -0.39 is 11.7 Å². The number of hydrogen-bond donors (Lipinski definition) is 0. The Morgan fingerprint density at radius 1 is 1.11 bits per heavy atom. The maximum Gasteiger partial charge on any atom is 0.416 e. The fourth-order valence-corrected chi connectivity index (χ4v) is 3.40. The summed E-state index contributed by atoms with van der Waals surface area (Å²) in [7, 11) is 0. The summed E-state index contributed by atoms with van der Waals surface area (Å²) in [6.45, 7) is 3.47. The summed E-state index contributed by atoms with van der Waals surface area (Å²) in [4.78, 5) is 11.0. The van der Waals surface area contributed by atoms with Gasteiger partial charge in [0.25, 0.3) is 0 Å². The number of benzene rings is 1. The number of ether oxygens (including phenoxy) is 1. The first kappa shape index (κ1) is 19.9. The zero-order valence-corrected chi connectivity index (χ0v) is 15.9. The van der Waals surface area contributed by atoms with Crippen molar-refractivity contribution in [2.75, 3.05) is 32.5 Å². The Bertz CT molecular complexity index is 764. The van der Waals surface area contributed by atoms with E-state index in [9.17, 15) is 13.2 Å². The van der Waals surface area contributed by atoms with E-state index in [0.29, 0.717) is 28.9 Å². The first-order valence-electron chi connectivity index (χ1n) is 8.91. The third kappa shape index (κ3) is 5.59. The number of halogens is 3. The second-order valence-electron chi connectivity index (χ2n) is 6.41. The number of aromatic nitrogens is 2. The van der Waals surface area contributed by atoms with Gasteiger partial charge in [-0.3, -0.25) is 4.90 Å². The Labute approximate surface area is 161 Å². The van der Waals surface area contributed by atoms with Crippen LogP contribution in [0.25, 0.3) is 11.3 Å². The average molecular weight is 397 g/mol. The quantitative estimate of drug-likeness (QED) is 0.520. The predicted molar refractivity (Wildman–Crippen MR) is 100 cm³/mol. The number of piperidine rings is 1. The summed E-state index contributed by atoms with van der Waals surface area (Å²) < 4.78 is 44.7. The molecule has 8 heteroatoms. The fraction of sp³-hybridized carbons (Fsp3) is 0.474. The number of likely N-dealkylation sites (tertiary alicyclic amines) is 1. The highest BCUT2D eigenvalue weighted by molar-refractivity contribution is 7.98. The maximum absolute atomic E-state index is 13.0. The molecule has 1 aromatic carbocycles. The van der Waals surface area contributed by atoms with Crippen LogP contribution in [0.5, 0.6) is 5.88 Å². The van der Waals surface area contributed by atoms with Gasteiger partial charge >= 0.3 is 6.18 Å². The standard InChI is InChI=1S/C19H22F3N3OS/c1-27-18-23-16(14-6-5-7-15(12-14)19(20,21)22)13-17(24-18)26-11-10-25-8-3-2-4-9-25/h5-7,12-13H,2-4,8-11H2,1H3. The second kappa shape index (κ2) is 8.93. The zero-order chi connectivity index (χ0) is 19.3. The maximum atomic E-state index is 13.0. The Morgan fingerprint density at radius 3 is 2.59 bits per heavy atom. The van der Waals surface area contributed by atoms with E-state index in [2.05, 4.69) is 14.9 Å². The summed E-state index contributed by atoms with van der Waals surface area (Å²) >= 11 is 1.33. The second-order valence-corrected chi connectivity index (χ2v) is 7.18. The van der Waals surface area contributed by atoms with Gasteiger partial charge in [-0.05, 0) is 44.3 Å². The first-order chi connectivity index (χ1) is 13.0. The molecule has 4 nitrogen and oxygen atoms in total. The molecule has 1 fully saturated rings. The van der Waals surface area contributed by atoms with E-state index in [-0.39, 0.29) is 0 Å². The monoisotopic (exact) mass is 397 g/mol. The van der Waals surface area contributed by atoms with Crippen molar-refractivity contribution in [1.29, 1.82) is 0 Å². The third-order valence-electron chi connectivity index (χ3n) is 4.46. The van der Waals surface area contributed by atoms with Crippen molar-refractivity contribution in [3.63, 3.8) is 0 Å². The lowest BCUT2D eigenvalue weighted by molar-refractivity contribution is -0.137. The summed E-state index contributed by atoms with van der Waals surface area (Å²) in [5.41, 5.74) is 0.119. The molecule has 0 bridgehead atoms.